The Morgan fingerprint density at radius 3 is 3.15 bits per heavy atom. The lowest BCUT2D eigenvalue weighted by molar-refractivity contribution is -0.114. The minimum atomic E-state index is -0.137. The third-order valence-corrected chi connectivity index (χ3v) is 1.59. The number of fused-ring (bicyclic) bond motifs is 1. The van der Waals surface area contributed by atoms with Gasteiger partial charge in [-0.05, 0) is 12.1 Å². The second kappa shape index (κ2) is 2.85. The lowest BCUT2D eigenvalue weighted by Gasteiger charge is -1.98. The topological polar surface area (TPSA) is 70.7 Å². The number of nitrogens with one attached hydrogen (secondary N) is 2. The number of anilines is 1. The van der Waals surface area contributed by atoms with Crippen molar-refractivity contribution in [2.24, 2.45) is 0 Å². The molecule has 0 aromatic carbocycles. The van der Waals surface area contributed by atoms with Gasteiger partial charge in [0.15, 0.2) is 5.65 Å². The number of aromatic nitrogens is 3. The van der Waals surface area contributed by atoms with Crippen LogP contribution in [0.2, 0.25) is 0 Å². The quantitative estimate of drug-likeness (QED) is 0.678. The lowest BCUT2D eigenvalue weighted by atomic mass is 10.4. The third-order valence-electron chi connectivity index (χ3n) is 1.59. The Balaban J connectivity index is 2.42. The van der Waals surface area contributed by atoms with Crippen LogP contribution in [-0.2, 0) is 4.79 Å². The molecule has 2 aromatic heterocycles. The van der Waals surface area contributed by atoms with Crippen LogP contribution in [-0.4, -0.2) is 20.9 Å². The van der Waals surface area contributed by atoms with Crippen LogP contribution in [0.25, 0.3) is 11.2 Å². The standard InChI is InChI=1S/C8H8N4O/c1-5(13)11-7-3-2-6-8(12-7)10-4-9-6/h2-4H,1H3,(H2,9,10,11,12,13). The summed E-state index contributed by atoms with van der Waals surface area (Å²) in [5.41, 5.74) is 1.46. The molecule has 0 spiro atoms. The molecule has 0 aliphatic carbocycles. The van der Waals surface area contributed by atoms with E-state index in [1.807, 2.05) is 6.07 Å². The Morgan fingerprint density at radius 2 is 2.38 bits per heavy atom. The molecular weight excluding hydrogens is 168 g/mol. The molecule has 0 radical (unpaired) electrons. The van der Waals surface area contributed by atoms with Crippen molar-refractivity contribution >= 4 is 22.9 Å². The Labute approximate surface area is 74.2 Å². The first kappa shape index (κ1) is 7.72. The number of carbonyl (C=O) groups is 1. The van der Waals surface area contributed by atoms with Gasteiger partial charge in [-0.15, -0.1) is 0 Å². The van der Waals surface area contributed by atoms with Crippen molar-refractivity contribution < 1.29 is 4.79 Å². The summed E-state index contributed by atoms with van der Waals surface area (Å²) in [5.74, 6) is 0.384. The van der Waals surface area contributed by atoms with Gasteiger partial charge < -0.3 is 10.3 Å². The van der Waals surface area contributed by atoms with Crippen LogP contribution in [0.3, 0.4) is 0 Å². The van der Waals surface area contributed by atoms with Crippen molar-refractivity contribution in [3.05, 3.63) is 18.5 Å². The number of nitrogens with zero attached hydrogens (tertiary/aromatic N) is 2. The second-order valence-electron chi connectivity index (χ2n) is 2.65. The highest BCUT2D eigenvalue weighted by Crippen LogP contribution is 2.10. The van der Waals surface area contributed by atoms with Gasteiger partial charge in [-0.3, -0.25) is 4.79 Å². The Hall–Kier alpha value is -1.91. The van der Waals surface area contributed by atoms with Crippen molar-refractivity contribution in [2.75, 3.05) is 5.32 Å². The smallest absolute Gasteiger partial charge is 0.222 e. The molecule has 2 rings (SSSR count). The molecule has 0 saturated heterocycles. The monoisotopic (exact) mass is 176 g/mol. The normalized spacial score (nSPS) is 10.2. The minimum Gasteiger partial charge on any atom is -0.343 e. The Morgan fingerprint density at radius 1 is 1.54 bits per heavy atom. The lowest BCUT2D eigenvalue weighted by Crippen LogP contribution is -2.07. The SMILES string of the molecule is CC(=O)Nc1ccc2[nH]cnc2n1. The number of aromatic amines is 1. The van der Waals surface area contributed by atoms with Crippen LogP contribution in [0.4, 0.5) is 5.82 Å². The van der Waals surface area contributed by atoms with E-state index in [1.165, 1.54) is 6.92 Å². The average molecular weight is 176 g/mol. The highest BCUT2D eigenvalue weighted by atomic mass is 16.1. The average Bonchev–Trinajstić information content (AvgIpc) is 2.49. The number of carbonyl (C=O) groups excluding carboxylic acids is 1. The van der Waals surface area contributed by atoms with Gasteiger partial charge in [-0.25, -0.2) is 9.97 Å². The number of pyridine rings is 1. The Kier molecular flexibility index (Phi) is 1.70. The van der Waals surface area contributed by atoms with E-state index in [0.717, 1.165) is 5.52 Å². The largest absolute Gasteiger partial charge is 0.343 e. The number of hydrogen-bond donors (Lipinski definition) is 2. The van der Waals surface area contributed by atoms with Crippen LogP contribution >= 0.6 is 0 Å². The van der Waals surface area contributed by atoms with E-state index >= 15 is 0 Å². The van der Waals surface area contributed by atoms with E-state index in [2.05, 4.69) is 20.3 Å². The van der Waals surface area contributed by atoms with Gasteiger partial charge in [0.1, 0.15) is 5.82 Å². The fraction of sp³-hybridized carbons (Fsp3) is 0.125. The van der Waals surface area contributed by atoms with Crippen LogP contribution in [0.5, 0.6) is 0 Å². The highest BCUT2D eigenvalue weighted by molar-refractivity contribution is 5.88. The summed E-state index contributed by atoms with van der Waals surface area (Å²) in [4.78, 5) is 21.7. The molecule has 13 heavy (non-hydrogen) atoms. The summed E-state index contributed by atoms with van der Waals surface area (Å²) in [6, 6.07) is 3.54. The van der Waals surface area contributed by atoms with Crippen molar-refractivity contribution in [3.8, 4) is 0 Å². The van der Waals surface area contributed by atoms with Crippen LogP contribution in [0, 0.1) is 0 Å². The zero-order chi connectivity index (χ0) is 9.26. The van der Waals surface area contributed by atoms with E-state index in [9.17, 15) is 4.79 Å². The Bertz CT molecular complexity index is 448. The first-order valence-electron chi connectivity index (χ1n) is 3.83. The van der Waals surface area contributed by atoms with Crippen molar-refractivity contribution in [1.29, 1.82) is 0 Å². The molecule has 0 aliphatic heterocycles. The van der Waals surface area contributed by atoms with Crippen LogP contribution in [0.15, 0.2) is 18.5 Å². The second-order valence-corrected chi connectivity index (χ2v) is 2.65. The molecule has 0 bridgehead atoms. The number of hydrogen-bond acceptors (Lipinski definition) is 3. The van der Waals surface area contributed by atoms with Crippen molar-refractivity contribution in [1.82, 2.24) is 15.0 Å². The molecular formula is C8H8N4O. The predicted octanol–water partition coefficient (Wildman–Crippen LogP) is 0.916. The van der Waals surface area contributed by atoms with E-state index in [-0.39, 0.29) is 5.91 Å². The summed E-state index contributed by atoms with van der Waals surface area (Å²) >= 11 is 0. The molecule has 0 unspecified atom stereocenters. The van der Waals surface area contributed by atoms with Gasteiger partial charge >= 0.3 is 0 Å². The summed E-state index contributed by atoms with van der Waals surface area (Å²) < 4.78 is 0. The molecule has 0 saturated carbocycles. The summed E-state index contributed by atoms with van der Waals surface area (Å²) in [6.45, 7) is 1.44. The molecule has 2 heterocycles. The molecule has 0 aliphatic rings. The van der Waals surface area contributed by atoms with Gasteiger partial charge in [0.05, 0.1) is 11.8 Å². The summed E-state index contributed by atoms with van der Waals surface area (Å²) in [7, 11) is 0. The summed E-state index contributed by atoms with van der Waals surface area (Å²) in [5, 5.41) is 2.58. The zero-order valence-corrected chi connectivity index (χ0v) is 7.03. The van der Waals surface area contributed by atoms with E-state index in [4.69, 9.17) is 0 Å². The van der Waals surface area contributed by atoms with Crippen molar-refractivity contribution in [3.63, 3.8) is 0 Å². The predicted molar refractivity (Wildman–Crippen MR) is 48.2 cm³/mol. The first-order chi connectivity index (χ1) is 6.25. The molecule has 1 amide bonds. The fourth-order valence-electron chi connectivity index (χ4n) is 1.07. The summed E-state index contributed by atoms with van der Waals surface area (Å²) in [6.07, 6.45) is 1.56. The van der Waals surface area contributed by atoms with E-state index in [0.29, 0.717) is 11.5 Å². The first-order valence-corrected chi connectivity index (χ1v) is 3.83. The number of amides is 1. The van der Waals surface area contributed by atoms with Gasteiger partial charge in [0, 0.05) is 6.92 Å². The number of imidazole rings is 1. The van der Waals surface area contributed by atoms with Crippen LogP contribution < -0.4 is 5.32 Å². The molecule has 2 aromatic rings. The molecule has 5 nitrogen and oxygen atoms in total. The molecule has 66 valence electrons. The molecule has 0 atom stereocenters. The van der Waals surface area contributed by atoms with E-state index in [1.54, 1.807) is 12.4 Å². The van der Waals surface area contributed by atoms with Crippen LogP contribution in [0.1, 0.15) is 6.92 Å². The van der Waals surface area contributed by atoms with Gasteiger partial charge in [0.2, 0.25) is 5.91 Å². The minimum absolute atomic E-state index is 0.137. The van der Waals surface area contributed by atoms with Gasteiger partial charge in [-0.1, -0.05) is 0 Å². The fourth-order valence-corrected chi connectivity index (χ4v) is 1.07. The zero-order valence-electron chi connectivity index (χ0n) is 7.03. The van der Waals surface area contributed by atoms with Gasteiger partial charge in [0.25, 0.3) is 0 Å². The molecule has 0 fully saturated rings. The maximum atomic E-state index is 10.7. The molecule has 5 heteroatoms. The van der Waals surface area contributed by atoms with Gasteiger partial charge in [-0.2, -0.15) is 0 Å². The maximum Gasteiger partial charge on any atom is 0.222 e. The number of H-pyrrole nitrogens is 1. The highest BCUT2D eigenvalue weighted by Gasteiger charge is 2.00. The van der Waals surface area contributed by atoms with Crippen molar-refractivity contribution in [2.45, 2.75) is 6.92 Å². The maximum absolute atomic E-state index is 10.7. The number of rotatable bonds is 1. The third kappa shape index (κ3) is 1.48. The molecule has 2 N–H and O–H groups in total. The van der Waals surface area contributed by atoms with E-state index < -0.39 is 0 Å².